The highest BCUT2D eigenvalue weighted by Gasteiger charge is 2.18. The van der Waals surface area contributed by atoms with Gasteiger partial charge in [-0.15, -0.1) is 0 Å². The highest BCUT2D eigenvalue weighted by molar-refractivity contribution is 5.37. The molecule has 1 heterocycles. The molecule has 0 aliphatic carbocycles. The van der Waals surface area contributed by atoms with Gasteiger partial charge in [0, 0.05) is 12.1 Å². The van der Waals surface area contributed by atoms with Crippen molar-refractivity contribution in [2.45, 2.75) is 39.2 Å². The van der Waals surface area contributed by atoms with Crippen LogP contribution >= 0.6 is 0 Å². The summed E-state index contributed by atoms with van der Waals surface area (Å²) in [7, 11) is 0. The fourth-order valence-corrected chi connectivity index (χ4v) is 2.99. The molecule has 1 aliphatic rings. The average Bonchev–Trinajstić information content (AvgIpc) is 2.48. The highest BCUT2D eigenvalue weighted by atomic mass is 16.2. The van der Waals surface area contributed by atoms with E-state index in [1.54, 1.807) is 0 Å². The second-order valence-corrected chi connectivity index (χ2v) is 5.67. The van der Waals surface area contributed by atoms with Crippen LogP contribution in [0.2, 0.25) is 0 Å². The van der Waals surface area contributed by atoms with Crippen LogP contribution in [0.15, 0.2) is 24.3 Å². The number of piperidine rings is 1. The van der Waals surface area contributed by atoms with Crippen LogP contribution in [0.25, 0.3) is 0 Å². The average molecular weight is 271 g/mol. The predicted octanol–water partition coefficient (Wildman–Crippen LogP) is 3.04. The van der Waals surface area contributed by atoms with Gasteiger partial charge in [-0.25, -0.2) is 0 Å². The number of likely N-dealkylation sites (tertiary alicyclic amines) is 1. The number of hydrogen-bond acceptors (Lipinski definition) is 2. The Bertz CT molecular complexity index is 464. The first-order valence-electron chi connectivity index (χ1n) is 7.73. The maximum absolute atomic E-state index is 8.74. The predicted molar refractivity (Wildman–Crippen MR) is 83.3 cm³/mol. The molecule has 1 aromatic carbocycles. The molecule has 1 fully saturated rings. The fourth-order valence-electron chi connectivity index (χ4n) is 2.99. The zero-order valence-electron chi connectivity index (χ0n) is 12.4. The molecule has 0 atom stereocenters. The van der Waals surface area contributed by atoms with Gasteiger partial charge in [-0.1, -0.05) is 43.7 Å². The number of benzene rings is 1. The summed E-state index contributed by atoms with van der Waals surface area (Å²) < 4.78 is 0. The summed E-state index contributed by atoms with van der Waals surface area (Å²) in [5, 5.41) is 8.74. The molecule has 0 unspecified atom stereocenters. The number of hydrogen-bond donors (Lipinski definition) is 1. The molecule has 0 saturated carbocycles. The summed E-state index contributed by atoms with van der Waals surface area (Å²) >= 11 is 0. The van der Waals surface area contributed by atoms with E-state index in [0.717, 1.165) is 18.0 Å². The molecule has 0 aromatic heterocycles. The normalized spacial score (nSPS) is 16.7. The summed E-state index contributed by atoms with van der Waals surface area (Å²) in [6, 6.07) is 8.36. The van der Waals surface area contributed by atoms with Crippen molar-refractivity contribution in [2.75, 3.05) is 19.7 Å². The first kappa shape index (κ1) is 15.1. The number of rotatable bonds is 4. The minimum atomic E-state index is -0.0742. The maximum Gasteiger partial charge on any atom is 0.104 e. The van der Waals surface area contributed by atoms with Crippen molar-refractivity contribution in [2.24, 2.45) is 5.92 Å². The van der Waals surface area contributed by atoms with Gasteiger partial charge in [-0.2, -0.15) is 0 Å². The zero-order chi connectivity index (χ0) is 14.2. The summed E-state index contributed by atoms with van der Waals surface area (Å²) in [6.07, 6.45) is 5.39. The quantitative estimate of drug-likeness (QED) is 0.851. The van der Waals surface area contributed by atoms with Crippen LogP contribution in [0.4, 0.5) is 0 Å². The molecule has 0 radical (unpaired) electrons. The number of nitrogens with zero attached hydrogens (tertiary/aromatic N) is 1. The van der Waals surface area contributed by atoms with Crippen LogP contribution in [-0.4, -0.2) is 29.7 Å². The lowest BCUT2D eigenvalue weighted by Gasteiger charge is -2.31. The van der Waals surface area contributed by atoms with E-state index in [-0.39, 0.29) is 6.61 Å². The summed E-state index contributed by atoms with van der Waals surface area (Å²) in [6.45, 7) is 5.67. The lowest BCUT2D eigenvalue weighted by atomic mass is 9.92. The van der Waals surface area contributed by atoms with Gasteiger partial charge in [0.05, 0.1) is 0 Å². The van der Waals surface area contributed by atoms with E-state index in [1.165, 1.54) is 44.3 Å². The molecule has 1 aromatic rings. The molecule has 108 valence electrons. The largest absolute Gasteiger partial charge is 0.384 e. The van der Waals surface area contributed by atoms with Gasteiger partial charge < -0.3 is 5.11 Å². The third kappa shape index (κ3) is 4.67. The topological polar surface area (TPSA) is 23.5 Å². The second-order valence-electron chi connectivity index (χ2n) is 5.67. The second kappa shape index (κ2) is 8.09. The molecular formula is C18H25NO. The van der Waals surface area contributed by atoms with Gasteiger partial charge >= 0.3 is 0 Å². The third-order valence-electron chi connectivity index (χ3n) is 4.05. The Morgan fingerprint density at radius 1 is 1.30 bits per heavy atom. The lowest BCUT2D eigenvalue weighted by Crippen LogP contribution is -2.33. The zero-order valence-corrected chi connectivity index (χ0v) is 12.4. The molecule has 0 amide bonds. The summed E-state index contributed by atoms with van der Waals surface area (Å²) in [4.78, 5) is 2.55. The van der Waals surface area contributed by atoms with E-state index in [0.29, 0.717) is 0 Å². The summed E-state index contributed by atoms with van der Waals surface area (Å²) in [5.74, 6) is 6.63. The van der Waals surface area contributed by atoms with Crippen molar-refractivity contribution in [3.05, 3.63) is 35.4 Å². The Labute approximate surface area is 122 Å². The minimum Gasteiger partial charge on any atom is -0.384 e. The lowest BCUT2D eigenvalue weighted by molar-refractivity contribution is 0.172. The van der Waals surface area contributed by atoms with Crippen molar-refractivity contribution in [1.29, 1.82) is 0 Å². The highest BCUT2D eigenvalue weighted by Crippen LogP contribution is 2.22. The van der Waals surface area contributed by atoms with Gasteiger partial charge in [0.1, 0.15) is 6.61 Å². The van der Waals surface area contributed by atoms with Crippen LogP contribution < -0.4 is 0 Å². The van der Waals surface area contributed by atoms with Crippen molar-refractivity contribution in [1.82, 2.24) is 4.90 Å². The monoisotopic (exact) mass is 271 g/mol. The standard InChI is InChI=1S/C18H25NO/c1-2-5-16-9-11-19(12-10-16)15-18-7-3-6-17(14-18)8-4-13-20/h3,6-7,14,16,20H,2,5,9-13,15H2,1H3. The van der Waals surface area contributed by atoms with Crippen LogP contribution in [-0.2, 0) is 6.54 Å². The van der Waals surface area contributed by atoms with Gasteiger partial charge in [-0.3, -0.25) is 4.90 Å². The molecule has 2 rings (SSSR count). The molecule has 20 heavy (non-hydrogen) atoms. The molecular weight excluding hydrogens is 246 g/mol. The SMILES string of the molecule is CCCC1CCN(Cc2cccc(C#CCO)c2)CC1. The molecule has 1 N–H and O–H groups in total. The minimum absolute atomic E-state index is 0.0742. The van der Waals surface area contributed by atoms with Gasteiger partial charge in [0.25, 0.3) is 0 Å². The van der Waals surface area contributed by atoms with Gasteiger partial charge in [0.15, 0.2) is 0 Å². The van der Waals surface area contributed by atoms with Gasteiger partial charge in [0.2, 0.25) is 0 Å². The molecule has 2 nitrogen and oxygen atoms in total. The van der Waals surface area contributed by atoms with E-state index in [1.807, 2.05) is 6.07 Å². The Kier molecular flexibility index (Phi) is 6.11. The van der Waals surface area contributed by atoms with Crippen molar-refractivity contribution in [3.63, 3.8) is 0 Å². The first-order valence-corrected chi connectivity index (χ1v) is 7.73. The molecule has 1 saturated heterocycles. The van der Waals surface area contributed by atoms with Crippen LogP contribution in [0.5, 0.6) is 0 Å². The van der Waals surface area contributed by atoms with Crippen LogP contribution in [0, 0.1) is 17.8 Å². The van der Waals surface area contributed by atoms with Crippen molar-refractivity contribution < 1.29 is 5.11 Å². The van der Waals surface area contributed by atoms with E-state index in [9.17, 15) is 0 Å². The Balaban J connectivity index is 1.88. The Hall–Kier alpha value is -1.30. The van der Waals surface area contributed by atoms with E-state index < -0.39 is 0 Å². The van der Waals surface area contributed by atoms with Gasteiger partial charge in [-0.05, 0) is 49.5 Å². The summed E-state index contributed by atoms with van der Waals surface area (Å²) in [5.41, 5.74) is 2.32. The molecule has 0 bridgehead atoms. The first-order chi connectivity index (χ1) is 9.81. The third-order valence-corrected chi connectivity index (χ3v) is 4.05. The van der Waals surface area contributed by atoms with Crippen molar-refractivity contribution in [3.8, 4) is 11.8 Å². The Morgan fingerprint density at radius 3 is 2.80 bits per heavy atom. The van der Waals surface area contributed by atoms with Crippen LogP contribution in [0.1, 0.15) is 43.7 Å². The maximum atomic E-state index is 8.74. The van der Waals surface area contributed by atoms with E-state index in [4.69, 9.17) is 5.11 Å². The number of aliphatic hydroxyl groups is 1. The molecule has 2 heteroatoms. The Morgan fingerprint density at radius 2 is 2.10 bits per heavy atom. The smallest absolute Gasteiger partial charge is 0.104 e. The fraction of sp³-hybridized carbons (Fsp3) is 0.556. The molecule has 1 aliphatic heterocycles. The molecule has 0 spiro atoms. The number of aliphatic hydroxyl groups excluding tert-OH is 1. The van der Waals surface area contributed by atoms with Crippen molar-refractivity contribution >= 4 is 0 Å². The van der Waals surface area contributed by atoms with E-state index in [2.05, 4.69) is 41.9 Å². The van der Waals surface area contributed by atoms with E-state index >= 15 is 0 Å². The van der Waals surface area contributed by atoms with Crippen LogP contribution in [0.3, 0.4) is 0 Å².